The second kappa shape index (κ2) is 13.1. The van der Waals surface area contributed by atoms with Gasteiger partial charge < -0.3 is 19.5 Å². The Labute approximate surface area is 234 Å². The number of anilines is 1. The molecule has 0 saturated heterocycles. The van der Waals surface area contributed by atoms with Crippen LogP contribution in [0.5, 0.6) is 11.5 Å². The Morgan fingerprint density at radius 3 is 2.38 bits per heavy atom. The molecule has 0 unspecified atom stereocenters. The molecule has 2 heterocycles. The zero-order valence-electron chi connectivity index (χ0n) is 21.8. The first kappa shape index (κ1) is 27.9. The van der Waals surface area contributed by atoms with Crippen molar-refractivity contribution in [2.45, 2.75) is 18.6 Å². The first-order valence-corrected chi connectivity index (χ1v) is 13.9. The minimum atomic E-state index is -0.532. The van der Waals surface area contributed by atoms with E-state index in [9.17, 15) is 9.59 Å². The first-order valence-electron chi connectivity index (χ1n) is 12.0. The monoisotopic (exact) mass is 564 g/mol. The van der Waals surface area contributed by atoms with Crippen LogP contribution in [0.4, 0.5) is 5.00 Å². The summed E-state index contributed by atoms with van der Waals surface area (Å²) < 4.78 is 17.6. The normalized spacial score (nSPS) is 10.6. The molecule has 4 rings (SSSR count). The van der Waals surface area contributed by atoms with Crippen LogP contribution in [0, 0.1) is 0 Å². The fraction of sp³-hybridized carbons (Fsp3) is 0.214. The number of thiophene rings is 1. The topological polar surface area (TPSA) is 105 Å². The molecule has 9 nitrogen and oxygen atoms in total. The Bertz CT molecular complexity index is 1450. The molecule has 0 aliphatic carbocycles. The standard InChI is InChI=1S/C28H28N4O5S2/c1-5-15-32-25(19-9-13-21(14-10-19)37-6-2)30-31-28(32)39-17-23(33)29-26-24(27(34)36-4)22(16-38-26)18-7-11-20(35-3)12-8-18/h5,7-14,16H,1,6,15,17H2,2-4H3,(H,29,33). The molecule has 2 aromatic carbocycles. The number of nitrogens with zero attached hydrogens (tertiary/aromatic N) is 3. The lowest BCUT2D eigenvalue weighted by atomic mass is 10.0. The molecule has 0 aliphatic rings. The van der Waals surface area contributed by atoms with Crippen molar-refractivity contribution in [1.82, 2.24) is 14.8 Å². The average Bonchev–Trinajstić information content (AvgIpc) is 3.56. The third kappa shape index (κ3) is 6.50. The largest absolute Gasteiger partial charge is 0.497 e. The van der Waals surface area contributed by atoms with Gasteiger partial charge in [0.15, 0.2) is 11.0 Å². The summed E-state index contributed by atoms with van der Waals surface area (Å²) in [4.78, 5) is 25.6. The summed E-state index contributed by atoms with van der Waals surface area (Å²) in [6.45, 7) is 6.83. The molecule has 0 fully saturated rings. The highest BCUT2D eigenvalue weighted by molar-refractivity contribution is 7.99. The van der Waals surface area contributed by atoms with E-state index in [-0.39, 0.29) is 11.7 Å². The van der Waals surface area contributed by atoms with Crippen molar-refractivity contribution in [3.63, 3.8) is 0 Å². The molecule has 2 aromatic heterocycles. The molecule has 1 amide bonds. The number of hydrogen-bond donors (Lipinski definition) is 1. The number of amides is 1. The molecule has 0 atom stereocenters. The summed E-state index contributed by atoms with van der Waals surface area (Å²) in [5, 5.41) is 14.3. The second-order valence-corrected chi connectivity index (χ2v) is 9.90. The van der Waals surface area contributed by atoms with E-state index in [4.69, 9.17) is 14.2 Å². The van der Waals surface area contributed by atoms with Crippen molar-refractivity contribution < 1.29 is 23.8 Å². The van der Waals surface area contributed by atoms with Crippen LogP contribution in [0.1, 0.15) is 17.3 Å². The van der Waals surface area contributed by atoms with Crippen LogP contribution in [0.2, 0.25) is 0 Å². The van der Waals surface area contributed by atoms with Crippen molar-refractivity contribution in [2.24, 2.45) is 0 Å². The third-order valence-corrected chi connectivity index (χ3v) is 7.48. The van der Waals surface area contributed by atoms with Crippen LogP contribution in [0.15, 0.2) is 71.7 Å². The minimum absolute atomic E-state index is 0.0644. The molecule has 0 bridgehead atoms. The number of allylic oxidation sites excluding steroid dienone is 1. The molecule has 0 spiro atoms. The number of hydrogen-bond acceptors (Lipinski definition) is 9. The van der Waals surface area contributed by atoms with E-state index in [0.29, 0.717) is 46.0 Å². The maximum atomic E-state index is 12.9. The number of aromatic nitrogens is 3. The number of carbonyl (C=O) groups excluding carboxylic acids is 2. The lowest BCUT2D eigenvalue weighted by Gasteiger charge is -2.10. The summed E-state index contributed by atoms with van der Waals surface area (Å²) in [5.41, 5.74) is 2.65. The van der Waals surface area contributed by atoms with Gasteiger partial charge in [-0.05, 0) is 48.9 Å². The summed E-state index contributed by atoms with van der Waals surface area (Å²) in [6, 6.07) is 14.9. The van der Waals surface area contributed by atoms with Crippen LogP contribution < -0.4 is 14.8 Å². The van der Waals surface area contributed by atoms with Gasteiger partial charge in [-0.25, -0.2) is 4.79 Å². The van der Waals surface area contributed by atoms with E-state index in [1.165, 1.54) is 30.2 Å². The number of rotatable bonds is 12. The van der Waals surface area contributed by atoms with E-state index in [1.807, 2.05) is 65.4 Å². The second-order valence-electron chi connectivity index (χ2n) is 8.07. The molecule has 0 radical (unpaired) electrons. The first-order chi connectivity index (χ1) is 19.0. The molecule has 39 heavy (non-hydrogen) atoms. The lowest BCUT2D eigenvalue weighted by molar-refractivity contribution is -0.113. The van der Waals surface area contributed by atoms with E-state index < -0.39 is 5.97 Å². The van der Waals surface area contributed by atoms with Crippen molar-refractivity contribution in [3.8, 4) is 34.0 Å². The van der Waals surface area contributed by atoms with Crippen LogP contribution in [0.25, 0.3) is 22.5 Å². The summed E-state index contributed by atoms with van der Waals surface area (Å²) >= 11 is 2.51. The Morgan fingerprint density at radius 2 is 1.74 bits per heavy atom. The predicted molar refractivity (Wildman–Crippen MR) is 154 cm³/mol. The number of esters is 1. The number of thioether (sulfide) groups is 1. The zero-order valence-corrected chi connectivity index (χ0v) is 23.4. The number of nitrogens with one attached hydrogen (secondary N) is 1. The summed E-state index contributed by atoms with van der Waals surface area (Å²) in [7, 11) is 2.90. The van der Waals surface area contributed by atoms with Gasteiger partial charge in [0.1, 0.15) is 22.1 Å². The van der Waals surface area contributed by atoms with Crippen LogP contribution in [-0.4, -0.2) is 53.2 Å². The Balaban J connectivity index is 1.50. The van der Waals surface area contributed by atoms with E-state index >= 15 is 0 Å². The van der Waals surface area contributed by atoms with Crippen molar-refractivity contribution in [3.05, 3.63) is 72.1 Å². The van der Waals surface area contributed by atoms with Gasteiger partial charge in [-0.3, -0.25) is 9.36 Å². The molecule has 1 N–H and O–H groups in total. The van der Waals surface area contributed by atoms with Gasteiger partial charge in [-0.2, -0.15) is 0 Å². The summed E-state index contributed by atoms with van der Waals surface area (Å²) in [5.74, 6) is 1.39. The molecular weight excluding hydrogens is 536 g/mol. The SMILES string of the molecule is C=CCn1c(SCC(=O)Nc2scc(-c3ccc(OC)cc3)c2C(=O)OC)nnc1-c1ccc(OCC)cc1. The Morgan fingerprint density at radius 1 is 1.05 bits per heavy atom. The van der Waals surface area contributed by atoms with Gasteiger partial charge >= 0.3 is 5.97 Å². The number of carbonyl (C=O) groups is 2. The van der Waals surface area contributed by atoms with Gasteiger partial charge in [0, 0.05) is 23.1 Å². The van der Waals surface area contributed by atoms with Crippen LogP contribution in [0.3, 0.4) is 0 Å². The highest BCUT2D eigenvalue weighted by Gasteiger charge is 2.23. The average molecular weight is 565 g/mol. The molecule has 11 heteroatoms. The maximum Gasteiger partial charge on any atom is 0.341 e. The van der Waals surface area contributed by atoms with E-state index in [0.717, 1.165) is 16.9 Å². The molecule has 0 aliphatic heterocycles. The van der Waals surface area contributed by atoms with Crippen LogP contribution in [-0.2, 0) is 16.1 Å². The smallest absolute Gasteiger partial charge is 0.341 e. The van der Waals surface area contributed by atoms with Gasteiger partial charge in [0.05, 0.1) is 26.6 Å². The number of ether oxygens (including phenoxy) is 3. The van der Waals surface area contributed by atoms with Crippen molar-refractivity contribution in [1.29, 1.82) is 0 Å². The van der Waals surface area contributed by atoms with Gasteiger partial charge in [-0.15, -0.1) is 28.1 Å². The lowest BCUT2D eigenvalue weighted by Crippen LogP contribution is -2.16. The molecule has 0 saturated carbocycles. The quantitative estimate of drug-likeness (QED) is 0.131. The molecular formula is C28H28N4O5S2. The van der Waals surface area contributed by atoms with Crippen molar-refractivity contribution in [2.75, 3.05) is 31.9 Å². The number of benzene rings is 2. The fourth-order valence-corrected chi connectivity index (χ4v) is 5.52. The maximum absolute atomic E-state index is 12.9. The summed E-state index contributed by atoms with van der Waals surface area (Å²) in [6.07, 6.45) is 1.75. The highest BCUT2D eigenvalue weighted by atomic mass is 32.2. The van der Waals surface area contributed by atoms with Gasteiger partial charge in [0.2, 0.25) is 5.91 Å². The zero-order chi connectivity index (χ0) is 27.8. The molecule has 4 aromatic rings. The Hall–Kier alpha value is -4.09. The minimum Gasteiger partial charge on any atom is -0.497 e. The van der Waals surface area contributed by atoms with Gasteiger partial charge in [-0.1, -0.05) is 30.0 Å². The third-order valence-electron chi connectivity index (χ3n) is 5.62. The van der Waals surface area contributed by atoms with Crippen molar-refractivity contribution >= 4 is 40.0 Å². The van der Waals surface area contributed by atoms with Crippen LogP contribution >= 0.6 is 23.1 Å². The van der Waals surface area contributed by atoms with E-state index in [2.05, 4.69) is 22.1 Å². The molecule has 202 valence electrons. The Kier molecular flexibility index (Phi) is 9.40. The fourth-order valence-electron chi connectivity index (χ4n) is 3.80. The predicted octanol–water partition coefficient (Wildman–Crippen LogP) is 5.78. The number of methoxy groups -OCH3 is 2. The van der Waals surface area contributed by atoms with E-state index in [1.54, 1.807) is 13.2 Å². The van der Waals surface area contributed by atoms with Gasteiger partial charge in [0.25, 0.3) is 0 Å². The highest BCUT2D eigenvalue weighted by Crippen LogP contribution is 2.37.